The molecule has 1 heterocycles. The number of nitrogens with one attached hydrogen (secondary N) is 2. The molecule has 1 aromatic rings. The molecular formula is C11H16N2. The third-order valence-electron chi connectivity index (χ3n) is 2.78. The van der Waals surface area contributed by atoms with E-state index in [-0.39, 0.29) is 0 Å². The van der Waals surface area contributed by atoms with E-state index in [2.05, 4.69) is 35.8 Å². The molecule has 1 aliphatic heterocycles. The maximum absolute atomic E-state index is 3.44. The normalized spacial score (nSPS) is 16.5. The predicted molar refractivity (Wildman–Crippen MR) is 56.1 cm³/mol. The van der Waals surface area contributed by atoms with Crippen LogP contribution in [0.4, 0.5) is 5.69 Å². The summed E-state index contributed by atoms with van der Waals surface area (Å²) in [6, 6.07) is 6.98. The Morgan fingerprint density at radius 2 is 2.31 bits per heavy atom. The summed E-state index contributed by atoms with van der Waals surface area (Å²) in [6.45, 7) is 3.28. The lowest BCUT2D eigenvalue weighted by atomic mass is 10.0. The van der Waals surface area contributed by atoms with Crippen LogP contribution in [0.15, 0.2) is 18.2 Å². The van der Waals surface area contributed by atoms with Crippen molar-refractivity contribution in [1.82, 2.24) is 5.32 Å². The van der Waals surface area contributed by atoms with Crippen molar-refractivity contribution in [1.29, 1.82) is 0 Å². The van der Waals surface area contributed by atoms with Gasteiger partial charge in [-0.25, -0.2) is 0 Å². The van der Waals surface area contributed by atoms with Gasteiger partial charge in [0.05, 0.1) is 0 Å². The van der Waals surface area contributed by atoms with Crippen molar-refractivity contribution in [2.45, 2.75) is 19.4 Å². The van der Waals surface area contributed by atoms with Gasteiger partial charge in [0.15, 0.2) is 0 Å². The molecule has 1 aliphatic rings. The van der Waals surface area contributed by atoms with Crippen LogP contribution >= 0.6 is 0 Å². The summed E-state index contributed by atoms with van der Waals surface area (Å²) in [5.74, 6) is 0. The van der Waals surface area contributed by atoms with Crippen LogP contribution in [0.2, 0.25) is 0 Å². The highest BCUT2D eigenvalue weighted by Crippen LogP contribution is 2.30. The summed E-state index contributed by atoms with van der Waals surface area (Å²) >= 11 is 0. The molecule has 0 aromatic heterocycles. The van der Waals surface area contributed by atoms with E-state index in [1.54, 1.807) is 0 Å². The van der Waals surface area contributed by atoms with Gasteiger partial charge in [0, 0.05) is 18.3 Å². The van der Waals surface area contributed by atoms with Crippen molar-refractivity contribution >= 4 is 5.69 Å². The van der Waals surface area contributed by atoms with Gasteiger partial charge in [-0.2, -0.15) is 0 Å². The first-order valence-electron chi connectivity index (χ1n) is 4.86. The quantitative estimate of drug-likeness (QED) is 0.719. The number of fused-ring (bicyclic) bond motifs is 1. The largest absolute Gasteiger partial charge is 0.384 e. The molecule has 0 bridgehead atoms. The number of hydrogen-bond donors (Lipinski definition) is 2. The van der Waals surface area contributed by atoms with E-state index >= 15 is 0 Å². The topological polar surface area (TPSA) is 24.1 Å². The highest BCUT2D eigenvalue weighted by atomic mass is 14.9. The molecule has 70 valence electrons. The Bertz CT molecular complexity index is 307. The van der Waals surface area contributed by atoms with Crippen LogP contribution in [0, 0.1) is 0 Å². The Balaban J connectivity index is 2.41. The van der Waals surface area contributed by atoms with Gasteiger partial charge in [-0.1, -0.05) is 18.2 Å². The molecule has 2 nitrogen and oxygen atoms in total. The number of para-hydroxylation sites is 1. The van der Waals surface area contributed by atoms with Crippen molar-refractivity contribution in [2.24, 2.45) is 0 Å². The fraction of sp³-hybridized carbons (Fsp3) is 0.455. The van der Waals surface area contributed by atoms with Gasteiger partial charge < -0.3 is 10.6 Å². The number of hydrogen-bond acceptors (Lipinski definition) is 2. The van der Waals surface area contributed by atoms with Crippen LogP contribution in [0.3, 0.4) is 0 Å². The Labute approximate surface area is 79.4 Å². The van der Waals surface area contributed by atoms with E-state index in [9.17, 15) is 0 Å². The second kappa shape index (κ2) is 3.38. The third kappa shape index (κ3) is 1.42. The van der Waals surface area contributed by atoms with Gasteiger partial charge in [-0.15, -0.1) is 0 Å². The van der Waals surface area contributed by atoms with Crippen molar-refractivity contribution in [3.8, 4) is 0 Å². The molecule has 0 saturated carbocycles. The van der Waals surface area contributed by atoms with Gasteiger partial charge in [-0.3, -0.25) is 0 Å². The molecular weight excluding hydrogens is 160 g/mol. The minimum atomic E-state index is 0.431. The summed E-state index contributed by atoms with van der Waals surface area (Å²) in [5.41, 5.74) is 4.20. The smallest absolute Gasteiger partial charge is 0.0421 e. The van der Waals surface area contributed by atoms with Crippen LogP contribution in [0.25, 0.3) is 0 Å². The second-order valence-corrected chi connectivity index (χ2v) is 3.57. The van der Waals surface area contributed by atoms with E-state index in [4.69, 9.17) is 0 Å². The van der Waals surface area contributed by atoms with Gasteiger partial charge in [0.25, 0.3) is 0 Å². The average molecular weight is 176 g/mol. The molecule has 0 amide bonds. The van der Waals surface area contributed by atoms with E-state index in [1.165, 1.54) is 23.2 Å². The van der Waals surface area contributed by atoms with Crippen LogP contribution in [0.1, 0.15) is 24.1 Å². The molecule has 0 unspecified atom stereocenters. The van der Waals surface area contributed by atoms with Crippen LogP contribution in [-0.4, -0.2) is 13.6 Å². The lowest BCUT2D eigenvalue weighted by Gasteiger charge is -2.15. The molecule has 2 N–H and O–H groups in total. The lowest BCUT2D eigenvalue weighted by Crippen LogP contribution is -2.13. The third-order valence-corrected chi connectivity index (χ3v) is 2.78. The molecule has 0 spiro atoms. The number of anilines is 1. The fourth-order valence-electron chi connectivity index (χ4n) is 1.88. The van der Waals surface area contributed by atoms with Gasteiger partial charge >= 0.3 is 0 Å². The monoisotopic (exact) mass is 176 g/mol. The summed E-state index contributed by atoms with van der Waals surface area (Å²) in [7, 11) is 2.00. The van der Waals surface area contributed by atoms with Gasteiger partial charge in [0.2, 0.25) is 0 Å². The zero-order valence-corrected chi connectivity index (χ0v) is 8.22. The van der Waals surface area contributed by atoms with Gasteiger partial charge in [0.1, 0.15) is 0 Å². The van der Waals surface area contributed by atoms with Crippen molar-refractivity contribution in [3.05, 3.63) is 29.3 Å². The van der Waals surface area contributed by atoms with E-state index in [0.717, 1.165) is 6.54 Å². The SMILES string of the molecule is CN[C@@H](C)c1cccc2c1NCC2. The van der Waals surface area contributed by atoms with Crippen molar-refractivity contribution in [2.75, 3.05) is 18.9 Å². The van der Waals surface area contributed by atoms with Crippen LogP contribution < -0.4 is 10.6 Å². The van der Waals surface area contributed by atoms with E-state index in [0.29, 0.717) is 6.04 Å². The highest BCUT2D eigenvalue weighted by Gasteiger charge is 2.15. The minimum Gasteiger partial charge on any atom is -0.384 e. The Kier molecular flexibility index (Phi) is 2.23. The Morgan fingerprint density at radius 3 is 3.08 bits per heavy atom. The molecule has 0 saturated heterocycles. The van der Waals surface area contributed by atoms with E-state index in [1.807, 2.05) is 7.05 Å². The predicted octanol–water partition coefficient (Wildman–Crippen LogP) is 1.93. The number of rotatable bonds is 2. The summed E-state index contributed by atoms with van der Waals surface area (Å²) < 4.78 is 0. The van der Waals surface area contributed by atoms with Gasteiger partial charge in [-0.05, 0) is 31.5 Å². The fourth-order valence-corrected chi connectivity index (χ4v) is 1.88. The molecule has 2 heteroatoms. The standard InChI is InChI=1S/C11H16N2/c1-8(12-2)10-5-3-4-9-6-7-13-11(9)10/h3-5,8,12-13H,6-7H2,1-2H3/t8-/m0/s1. The molecule has 0 aliphatic carbocycles. The molecule has 2 rings (SSSR count). The Morgan fingerprint density at radius 1 is 1.46 bits per heavy atom. The first-order chi connectivity index (χ1) is 6.33. The summed E-state index contributed by atoms with van der Waals surface area (Å²) in [5, 5.41) is 6.71. The van der Waals surface area contributed by atoms with Crippen molar-refractivity contribution in [3.63, 3.8) is 0 Å². The van der Waals surface area contributed by atoms with E-state index < -0.39 is 0 Å². The second-order valence-electron chi connectivity index (χ2n) is 3.57. The maximum atomic E-state index is 3.44. The zero-order valence-electron chi connectivity index (χ0n) is 8.22. The first-order valence-corrected chi connectivity index (χ1v) is 4.86. The number of benzene rings is 1. The first kappa shape index (κ1) is 8.57. The van der Waals surface area contributed by atoms with Crippen LogP contribution in [-0.2, 0) is 6.42 Å². The summed E-state index contributed by atoms with van der Waals surface area (Å²) in [6.07, 6.45) is 1.17. The molecule has 0 radical (unpaired) electrons. The molecule has 1 atom stereocenters. The minimum absolute atomic E-state index is 0.431. The highest BCUT2D eigenvalue weighted by molar-refractivity contribution is 5.62. The molecule has 13 heavy (non-hydrogen) atoms. The lowest BCUT2D eigenvalue weighted by molar-refractivity contribution is 0.654. The zero-order chi connectivity index (χ0) is 9.26. The molecule has 1 aromatic carbocycles. The average Bonchev–Trinajstić information content (AvgIpc) is 2.63. The molecule has 0 fully saturated rings. The Hall–Kier alpha value is -1.02. The van der Waals surface area contributed by atoms with Crippen molar-refractivity contribution < 1.29 is 0 Å². The maximum Gasteiger partial charge on any atom is 0.0421 e. The van der Waals surface area contributed by atoms with Crippen LogP contribution in [0.5, 0.6) is 0 Å². The summed E-state index contributed by atoms with van der Waals surface area (Å²) in [4.78, 5) is 0.